The monoisotopic (exact) mass is 486 g/mol. The van der Waals surface area contributed by atoms with Gasteiger partial charge in [0.2, 0.25) is 0 Å². The van der Waals surface area contributed by atoms with E-state index in [2.05, 4.69) is 27.3 Å². The van der Waals surface area contributed by atoms with Crippen molar-refractivity contribution in [1.82, 2.24) is 14.5 Å². The van der Waals surface area contributed by atoms with Crippen molar-refractivity contribution in [2.24, 2.45) is 12.2 Å². The number of halogens is 2. The Labute approximate surface area is 206 Å². The second kappa shape index (κ2) is 9.29. The van der Waals surface area contributed by atoms with E-state index in [4.69, 9.17) is 28.4 Å². The van der Waals surface area contributed by atoms with Gasteiger partial charge in [0.1, 0.15) is 0 Å². The Morgan fingerprint density at radius 2 is 1.74 bits per heavy atom. The summed E-state index contributed by atoms with van der Waals surface area (Å²) in [7, 11) is 1.99. The topological polar surface area (TPSA) is 63.3 Å². The molecule has 0 saturated carbocycles. The molecule has 0 aliphatic carbocycles. The third kappa shape index (κ3) is 4.28. The molecule has 0 amide bonds. The lowest BCUT2D eigenvalue weighted by molar-refractivity contribution is 0.321. The molecule has 5 rings (SSSR count). The van der Waals surface area contributed by atoms with E-state index in [1.54, 1.807) is 6.33 Å². The average molecular weight is 487 g/mol. The maximum Gasteiger partial charge on any atom is 0.0945 e. The molecular weight excluding hydrogens is 467 g/mol. The molecule has 34 heavy (non-hydrogen) atoms. The van der Waals surface area contributed by atoms with E-state index >= 15 is 0 Å². The molecule has 0 aliphatic heterocycles. The van der Waals surface area contributed by atoms with Crippen LogP contribution in [-0.4, -0.2) is 26.0 Å². The fraction of sp³-hybridized carbons (Fsp3) is 0.0741. The van der Waals surface area contributed by atoms with Gasteiger partial charge >= 0.3 is 0 Å². The van der Waals surface area contributed by atoms with Gasteiger partial charge in [-0.1, -0.05) is 58.7 Å². The fourth-order valence-corrected chi connectivity index (χ4v) is 4.61. The second-order valence-corrected chi connectivity index (χ2v) is 8.91. The third-order valence-electron chi connectivity index (χ3n) is 5.86. The van der Waals surface area contributed by atoms with E-state index in [1.807, 2.05) is 78.5 Å². The highest BCUT2D eigenvalue weighted by molar-refractivity contribution is 6.31. The van der Waals surface area contributed by atoms with Crippen molar-refractivity contribution in [2.45, 2.75) is 5.92 Å². The Balaban J connectivity index is 1.76. The molecule has 5 aromatic rings. The van der Waals surface area contributed by atoms with Crippen LogP contribution < -0.4 is 0 Å². The first kappa shape index (κ1) is 22.1. The zero-order valence-electron chi connectivity index (χ0n) is 18.2. The highest BCUT2D eigenvalue weighted by Gasteiger charge is 2.21. The number of nitrogens with zero attached hydrogens (tertiary/aromatic N) is 4. The SMILES string of the molecule is Cn1cncc1C(c1ccc(Cl)cc1)c1ccc2nc(/C=N/O)cc(-c3cccc(Cl)c3)c2c1. The Bertz CT molecular complexity index is 1510. The highest BCUT2D eigenvalue weighted by atomic mass is 35.5. The number of imidazole rings is 1. The summed E-state index contributed by atoms with van der Waals surface area (Å²) in [6.07, 6.45) is 5.02. The van der Waals surface area contributed by atoms with E-state index in [-0.39, 0.29) is 5.92 Å². The Hall–Kier alpha value is -3.67. The number of pyridine rings is 1. The standard InChI is InChI=1S/C27H20Cl2N4O/c1-33-16-30-15-26(33)27(17-5-8-20(28)9-6-17)19-7-10-25-24(12-19)23(13-22(32-25)14-31-34)18-3-2-4-21(29)11-18/h2-16,27,34H,1H3/b31-14+. The van der Waals surface area contributed by atoms with E-state index in [0.29, 0.717) is 15.7 Å². The minimum absolute atomic E-state index is 0.0555. The van der Waals surface area contributed by atoms with Gasteiger partial charge in [-0.05, 0) is 64.7 Å². The van der Waals surface area contributed by atoms with Crippen LogP contribution in [0, 0.1) is 0 Å². The van der Waals surface area contributed by atoms with Crippen LogP contribution in [0.4, 0.5) is 0 Å². The van der Waals surface area contributed by atoms with Crippen molar-refractivity contribution in [3.63, 3.8) is 0 Å². The van der Waals surface area contributed by atoms with Crippen LogP contribution in [0.3, 0.4) is 0 Å². The molecule has 0 bridgehead atoms. The van der Waals surface area contributed by atoms with E-state index in [9.17, 15) is 0 Å². The quantitative estimate of drug-likeness (QED) is 0.166. The van der Waals surface area contributed by atoms with Crippen molar-refractivity contribution >= 4 is 40.3 Å². The maximum atomic E-state index is 9.08. The first-order valence-electron chi connectivity index (χ1n) is 10.6. The Morgan fingerprint density at radius 3 is 2.44 bits per heavy atom. The molecule has 168 valence electrons. The van der Waals surface area contributed by atoms with E-state index < -0.39 is 0 Å². The first-order valence-corrected chi connectivity index (χ1v) is 11.4. The number of hydrogen-bond donors (Lipinski definition) is 1. The number of benzene rings is 3. The number of rotatable bonds is 5. The molecule has 1 atom stereocenters. The number of hydrogen-bond acceptors (Lipinski definition) is 4. The molecule has 0 radical (unpaired) electrons. The lowest BCUT2D eigenvalue weighted by Gasteiger charge is -2.20. The van der Waals surface area contributed by atoms with Crippen LogP contribution in [-0.2, 0) is 7.05 Å². The van der Waals surface area contributed by atoms with E-state index in [1.165, 1.54) is 6.21 Å². The minimum atomic E-state index is -0.0555. The van der Waals surface area contributed by atoms with Gasteiger partial charge in [-0.15, -0.1) is 0 Å². The highest BCUT2D eigenvalue weighted by Crippen LogP contribution is 2.36. The van der Waals surface area contributed by atoms with Gasteiger partial charge in [-0.2, -0.15) is 0 Å². The Kier molecular flexibility index (Phi) is 6.05. The van der Waals surface area contributed by atoms with Gasteiger partial charge in [-0.25, -0.2) is 9.97 Å². The first-order chi connectivity index (χ1) is 16.5. The number of aryl methyl sites for hydroxylation is 1. The zero-order valence-corrected chi connectivity index (χ0v) is 19.7. The summed E-state index contributed by atoms with van der Waals surface area (Å²) in [4.78, 5) is 9.01. The largest absolute Gasteiger partial charge is 0.411 e. The van der Waals surface area contributed by atoms with Gasteiger partial charge in [0.25, 0.3) is 0 Å². The van der Waals surface area contributed by atoms with Crippen molar-refractivity contribution in [3.05, 3.63) is 118 Å². The molecule has 0 saturated heterocycles. The lowest BCUT2D eigenvalue weighted by atomic mass is 9.87. The van der Waals surface area contributed by atoms with Crippen LogP contribution in [0.2, 0.25) is 10.0 Å². The van der Waals surface area contributed by atoms with Crippen LogP contribution >= 0.6 is 23.2 Å². The fourth-order valence-electron chi connectivity index (χ4n) is 4.30. The van der Waals surface area contributed by atoms with E-state index in [0.717, 1.165) is 38.9 Å². The molecule has 0 spiro atoms. The summed E-state index contributed by atoms with van der Waals surface area (Å²) in [5, 5.41) is 14.6. The number of fused-ring (bicyclic) bond motifs is 1. The van der Waals surface area contributed by atoms with Crippen molar-refractivity contribution in [2.75, 3.05) is 0 Å². The summed E-state index contributed by atoms with van der Waals surface area (Å²) >= 11 is 12.5. The molecule has 2 heterocycles. The lowest BCUT2D eigenvalue weighted by Crippen LogP contribution is -2.08. The smallest absolute Gasteiger partial charge is 0.0945 e. The molecule has 3 aromatic carbocycles. The molecule has 0 fully saturated rings. The van der Waals surface area contributed by atoms with Crippen LogP contribution in [0.5, 0.6) is 0 Å². The van der Waals surface area contributed by atoms with Crippen LogP contribution in [0.15, 0.2) is 90.5 Å². The number of aromatic nitrogens is 3. The number of oxime groups is 1. The predicted octanol–water partition coefficient (Wildman–Crippen LogP) is 6.93. The zero-order chi connectivity index (χ0) is 23.7. The summed E-state index contributed by atoms with van der Waals surface area (Å²) in [6, 6.07) is 23.7. The summed E-state index contributed by atoms with van der Waals surface area (Å²) in [5.74, 6) is -0.0555. The molecule has 7 heteroatoms. The van der Waals surface area contributed by atoms with Gasteiger partial charge < -0.3 is 9.77 Å². The summed E-state index contributed by atoms with van der Waals surface area (Å²) in [6.45, 7) is 0. The van der Waals surface area contributed by atoms with Crippen LogP contribution in [0.25, 0.3) is 22.0 Å². The van der Waals surface area contributed by atoms with Crippen molar-refractivity contribution in [3.8, 4) is 11.1 Å². The molecule has 1 unspecified atom stereocenters. The molecule has 2 aromatic heterocycles. The normalized spacial score (nSPS) is 12.4. The summed E-state index contributed by atoms with van der Waals surface area (Å²) < 4.78 is 2.03. The van der Waals surface area contributed by atoms with Crippen LogP contribution in [0.1, 0.15) is 28.4 Å². The van der Waals surface area contributed by atoms with Gasteiger partial charge in [-0.3, -0.25) is 0 Å². The Morgan fingerprint density at radius 1 is 0.941 bits per heavy atom. The molecule has 5 nitrogen and oxygen atoms in total. The van der Waals surface area contributed by atoms with Gasteiger partial charge in [0.15, 0.2) is 0 Å². The van der Waals surface area contributed by atoms with Crippen molar-refractivity contribution in [1.29, 1.82) is 0 Å². The summed E-state index contributed by atoms with van der Waals surface area (Å²) in [5.41, 5.74) is 6.50. The maximum absolute atomic E-state index is 9.08. The third-order valence-corrected chi connectivity index (χ3v) is 6.35. The minimum Gasteiger partial charge on any atom is -0.411 e. The van der Waals surface area contributed by atoms with Gasteiger partial charge in [0.05, 0.1) is 29.7 Å². The molecule has 1 N–H and O–H groups in total. The molecule has 0 aliphatic rings. The average Bonchev–Trinajstić information content (AvgIpc) is 3.25. The second-order valence-electron chi connectivity index (χ2n) is 8.04. The van der Waals surface area contributed by atoms with Gasteiger partial charge in [0, 0.05) is 34.4 Å². The van der Waals surface area contributed by atoms with Crippen molar-refractivity contribution < 1.29 is 5.21 Å². The predicted molar refractivity (Wildman–Crippen MR) is 137 cm³/mol. The molecular formula is C27H20Cl2N4O.